The van der Waals surface area contributed by atoms with Crippen LogP contribution in [0.2, 0.25) is 5.02 Å². The van der Waals surface area contributed by atoms with Crippen molar-refractivity contribution < 1.29 is 9.94 Å². The van der Waals surface area contributed by atoms with Gasteiger partial charge in [-0.05, 0) is 29.8 Å². The van der Waals surface area contributed by atoms with Crippen LogP contribution in [0.15, 0.2) is 47.8 Å². The van der Waals surface area contributed by atoms with Crippen molar-refractivity contribution in [3.05, 3.63) is 58.9 Å². The summed E-state index contributed by atoms with van der Waals surface area (Å²) in [5.41, 5.74) is 6.79. The number of hydrogen-bond donors (Lipinski definition) is 2. The highest BCUT2D eigenvalue weighted by Crippen LogP contribution is 2.17. The minimum Gasteiger partial charge on any atom is -0.486 e. The van der Waals surface area contributed by atoms with E-state index in [1.165, 1.54) is 0 Å². The number of rotatable bonds is 4. The number of aromatic nitrogens is 1. The molecule has 0 radical (unpaired) electrons. The Morgan fingerprint density at radius 3 is 2.74 bits per heavy atom. The second-order valence-electron chi connectivity index (χ2n) is 3.75. The number of amidine groups is 1. The van der Waals surface area contributed by atoms with E-state index in [2.05, 4.69) is 10.1 Å². The predicted octanol–water partition coefficient (Wildman–Crippen LogP) is 2.41. The first-order chi connectivity index (χ1) is 9.20. The number of halogens is 1. The van der Waals surface area contributed by atoms with Crippen LogP contribution in [0.3, 0.4) is 0 Å². The Balaban J connectivity index is 2.13. The number of pyridine rings is 1. The average Bonchev–Trinajstić information content (AvgIpc) is 2.46. The zero-order valence-corrected chi connectivity index (χ0v) is 10.7. The van der Waals surface area contributed by atoms with Gasteiger partial charge < -0.3 is 15.7 Å². The summed E-state index contributed by atoms with van der Waals surface area (Å²) in [6.45, 7) is 0.342. The molecule has 0 aliphatic carbocycles. The summed E-state index contributed by atoms with van der Waals surface area (Å²) >= 11 is 5.80. The Morgan fingerprint density at radius 1 is 1.32 bits per heavy atom. The van der Waals surface area contributed by atoms with E-state index in [4.69, 9.17) is 27.3 Å². The van der Waals surface area contributed by atoms with E-state index in [0.29, 0.717) is 23.1 Å². The Labute approximate surface area is 115 Å². The summed E-state index contributed by atoms with van der Waals surface area (Å²) in [4.78, 5) is 4.01. The molecule has 6 heteroatoms. The molecule has 3 N–H and O–H groups in total. The Morgan fingerprint density at radius 2 is 2.05 bits per heavy atom. The van der Waals surface area contributed by atoms with Gasteiger partial charge in [-0.2, -0.15) is 0 Å². The smallest absolute Gasteiger partial charge is 0.192 e. The van der Waals surface area contributed by atoms with Crippen LogP contribution in [-0.4, -0.2) is 16.0 Å². The van der Waals surface area contributed by atoms with Crippen molar-refractivity contribution >= 4 is 17.4 Å². The van der Waals surface area contributed by atoms with Crippen molar-refractivity contribution in [3.8, 4) is 5.75 Å². The average molecular weight is 278 g/mol. The van der Waals surface area contributed by atoms with Gasteiger partial charge in [-0.25, -0.2) is 4.98 Å². The molecule has 0 spiro atoms. The highest BCUT2D eigenvalue weighted by atomic mass is 35.5. The van der Waals surface area contributed by atoms with Gasteiger partial charge in [0, 0.05) is 11.2 Å². The second kappa shape index (κ2) is 6.06. The SMILES string of the molecule is N/C(=N/O)c1ncccc1OCc1ccc(Cl)cc1. The first-order valence-corrected chi connectivity index (χ1v) is 5.88. The topological polar surface area (TPSA) is 80.7 Å². The van der Waals surface area contributed by atoms with Crippen molar-refractivity contribution in [1.29, 1.82) is 0 Å². The van der Waals surface area contributed by atoms with Crippen LogP contribution in [-0.2, 0) is 6.61 Å². The van der Waals surface area contributed by atoms with Gasteiger partial charge in [0.2, 0.25) is 0 Å². The van der Waals surface area contributed by atoms with Gasteiger partial charge in [-0.1, -0.05) is 28.9 Å². The van der Waals surface area contributed by atoms with Crippen molar-refractivity contribution in [1.82, 2.24) is 4.98 Å². The number of ether oxygens (including phenoxy) is 1. The molecular formula is C13H12ClN3O2. The minimum atomic E-state index is -0.0910. The van der Waals surface area contributed by atoms with Gasteiger partial charge in [0.15, 0.2) is 11.5 Å². The molecule has 0 atom stereocenters. The molecule has 5 nitrogen and oxygen atoms in total. The molecule has 1 aromatic carbocycles. The molecular weight excluding hydrogens is 266 g/mol. The molecule has 0 saturated carbocycles. The van der Waals surface area contributed by atoms with Crippen LogP contribution in [0.4, 0.5) is 0 Å². The highest BCUT2D eigenvalue weighted by Gasteiger charge is 2.09. The van der Waals surface area contributed by atoms with Crippen LogP contribution in [0.5, 0.6) is 5.75 Å². The lowest BCUT2D eigenvalue weighted by Gasteiger charge is -2.09. The van der Waals surface area contributed by atoms with Gasteiger partial charge in [0.05, 0.1) is 0 Å². The van der Waals surface area contributed by atoms with E-state index in [1.54, 1.807) is 30.5 Å². The number of nitrogens with zero attached hydrogens (tertiary/aromatic N) is 2. The van der Waals surface area contributed by atoms with Gasteiger partial charge in [-0.15, -0.1) is 0 Å². The lowest BCUT2D eigenvalue weighted by atomic mass is 10.2. The molecule has 2 aromatic rings. The van der Waals surface area contributed by atoms with E-state index in [1.807, 2.05) is 12.1 Å². The van der Waals surface area contributed by atoms with E-state index in [0.717, 1.165) is 5.56 Å². The fourth-order valence-corrected chi connectivity index (χ4v) is 1.61. The van der Waals surface area contributed by atoms with Crippen LogP contribution in [0, 0.1) is 0 Å². The fourth-order valence-electron chi connectivity index (χ4n) is 1.49. The Kier molecular flexibility index (Phi) is 4.20. The first kappa shape index (κ1) is 13.2. The number of hydrogen-bond acceptors (Lipinski definition) is 4. The van der Waals surface area contributed by atoms with E-state index >= 15 is 0 Å². The quantitative estimate of drug-likeness (QED) is 0.389. The highest BCUT2D eigenvalue weighted by molar-refractivity contribution is 6.30. The number of benzene rings is 1. The van der Waals surface area contributed by atoms with Gasteiger partial charge >= 0.3 is 0 Å². The molecule has 0 bridgehead atoms. The molecule has 0 unspecified atom stereocenters. The largest absolute Gasteiger partial charge is 0.486 e. The number of nitrogens with two attached hydrogens (primary N) is 1. The second-order valence-corrected chi connectivity index (χ2v) is 4.19. The summed E-state index contributed by atoms with van der Waals surface area (Å²) in [5, 5.41) is 12.3. The standard InChI is InChI=1S/C13H12ClN3O2/c14-10-5-3-9(4-6-10)8-19-11-2-1-7-16-12(11)13(15)17-18/h1-7,18H,8H2,(H2,15,17). The molecule has 0 saturated heterocycles. The Hall–Kier alpha value is -2.27. The predicted molar refractivity (Wildman–Crippen MR) is 72.5 cm³/mol. The first-order valence-electron chi connectivity index (χ1n) is 5.51. The minimum absolute atomic E-state index is 0.0910. The summed E-state index contributed by atoms with van der Waals surface area (Å²) in [6, 6.07) is 10.7. The summed E-state index contributed by atoms with van der Waals surface area (Å²) in [6.07, 6.45) is 1.54. The molecule has 98 valence electrons. The van der Waals surface area contributed by atoms with Crippen LogP contribution in [0.1, 0.15) is 11.3 Å². The normalized spacial score (nSPS) is 11.3. The van der Waals surface area contributed by atoms with Crippen molar-refractivity contribution in [3.63, 3.8) is 0 Å². The number of oxime groups is 1. The third-order valence-electron chi connectivity index (χ3n) is 2.43. The van der Waals surface area contributed by atoms with Crippen LogP contribution >= 0.6 is 11.6 Å². The van der Waals surface area contributed by atoms with Crippen LogP contribution < -0.4 is 10.5 Å². The molecule has 1 heterocycles. The van der Waals surface area contributed by atoms with Crippen molar-refractivity contribution in [2.75, 3.05) is 0 Å². The summed E-state index contributed by atoms with van der Waals surface area (Å²) in [7, 11) is 0. The monoisotopic (exact) mass is 277 g/mol. The maximum Gasteiger partial charge on any atom is 0.192 e. The zero-order chi connectivity index (χ0) is 13.7. The van der Waals surface area contributed by atoms with E-state index in [-0.39, 0.29) is 5.84 Å². The molecule has 0 aliphatic rings. The maximum absolute atomic E-state index is 8.68. The third-order valence-corrected chi connectivity index (χ3v) is 2.68. The third kappa shape index (κ3) is 3.35. The van der Waals surface area contributed by atoms with Crippen LogP contribution in [0.25, 0.3) is 0 Å². The van der Waals surface area contributed by atoms with Gasteiger partial charge in [0.1, 0.15) is 12.4 Å². The maximum atomic E-state index is 8.68. The summed E-state index contributed by atoms with van der Waals surface area (Å²) < 4.78 is 5.61. The van der Waals surface area contributed by atoms with E-state index < -0.39 is 0 Å². The van der Waals surface area contributed by atoms with E-state index in [9.17, 15) is 0 Å². The van der Waals surface area contributed by atoms with Crippen molar-refractivity contribution in [2.24, 2.45) is 10.9 Å². The van der Waals surface area contributed by atoms with Gasteiger partial charge in [0.25, 0.3) is 0 Å². The molecule has 0 aliphatic heterocycles. The molecule has 0 amide bonds. The molecule has 19 heavy (non-hydrogen) atoms. The lowest BCUT2D eigenvalue weighted by Crippen LogP contribution is -2.16. The van der Waals surface area contributed by atoms with Crippen molar-refractivity contribution in [2.45, 2.75) is 6.61 Å². The molecule has 2 rings (SSSR count). The van der Waals surface area contributed by atoms with Gasteiger partial charge in [-0.3, -0.25) is 0 Å². The summed E-state index contributed by atoms with van der Waals surface area (Å²) in [5.74, 6) is 0.361. The fraction of sp³-hybridized carbons (Fsp3) is 0.0769. The molecule has 0 fully saturated rings. The lowest BCUT2D eigenvalue weighted by molar-refractivity contribution is 0.301. The molecule has 1 aromatic heterocycles. The zero-order valence-electron chi connectivity index (χ0n) is 9.95. The Bertz CT molecular complexity index is 585.